The summed E-state index contributed by atoms with van der Waals surface area (Å²) in [6, 6.07) is 11.6. The number of benzene rings is 2. The highest BCUT2D eigenvalue weighted by Gasteiger charge is 2.17. The molecular weight excluding hydrogens is 322 g/mol. The number of aryl methyl sites for hydroxylation is 1. The quantitative estimate of drug-likeness (QED) is 0.853. The van der Waals surface area contributed by atoms with Crippen LogP contribution in [0.15, 0.2) is 41.3 Å². The summed E-state index contributed by atoms with van der Waals surface area (Å²) in [7, 11) is 0. The number of amides is 1. The predicted molar refractivity (Wildman–Crippen MR) is 96.3 cm³/mol. The van der Waals surface area contributed by atoms with Gasteiger partial charge in [-0.15, -0.1) is 11.8 Å². The second-order valence-corrected chi connectivity index (χ2v) is 6.66. The van der Waals surface area contributed by atoms with Gasteiger partial charge < -0.3 is 14.8 Å². The number of carbonyl (C=O) groups is 1. The molecule has 0 aromatic heterocycles. The average Bonchev–Trinajstić information content (AvgIpc) is 2.61. The van der Waals surface area contributed by atoms with Crippen LogP contribution in [-0.4, -0.2) is 25.4 Å². The molecule has 1 atom stereocenters. The summed E-state index contributed by atoms with van der Waals surface area (Å²) < 4.78 is 11.1. The van der Waals surface area contributed by atoms with Gasteiger partial charge in [0.25, 0.3) is 5.91 Å². The normalized spacial score (nSPS) is 14.1. The van der Waals surface area contributed by atoms with E-state index in [0.29, 0.717) is 18.8 Å². The summed E-state index contributed by atoms with van der Waals surface area (Å²) in [5.74, 6) is 1.43. The van der Waals surface area contributed by atoms with E-state index >= 15 is 0 Å². The van der Waals surface area contributed by atoms with Crippen LogP contribution >= 0.6 is 11.8 Å². The fourth-order valence-electron chi connectivity index (χ4n) is 2.66. The lowest BCUT2D eigenvalue weighted by Crippen LogP contribution is -2.27. The lowest BCUT2D eigenvalue weighted by atomic mass is 10.0. The van der Waals surface area contributed by atoms with E-state index in [2.05, 4.69) is 5.32 Å². The first-order chi connectivity index (χ1) is 11.6. The fourth-order valence-corrected chi connectivity index (χ4v) is 3.10. The minimum atomic E-state index is -0.120. The molecule has 2 aromatic rings. The van der Waals surface area contributed by atoms with Gasteiger partial charge in [-0.2, -0.15) is 0 Å². The van der Waals surface area contributed by atoms with E-state index in [4.69, 9.17) is 9.47 Å². The second-order valence-electron chi connectivity index (χ2n) is 5.78. The standard InChI is InChI=1S/C19H21NO3S/c1-12-4-6-15(24-3)11-16(12)19(21)20-13(2)14-5-7-17-18(10-14)23-9-8-22-17/h4-7,10-11,13H,8-9H2,1-3H3,(H,20,21). The number of nitrogens with one attached hydrogen (secondary N) is 1. The molecule has 4 nitrogen and oxygen atoms in total. The van der Waals surface area contributed by atoms with Gasteiger partial charge in [0.1, 0.15) is 13.2 Å². The van der Waals surface area contributed by atoms with Gasteiger partial charge in [-0.3, -0.25) is 4.79 Å². The van der Waals surface area contributed by atoms with Crippen LogP contribution in [0.1, 0.15) is 34.5 Å². The van der Waals surface area contributed by atoms with E-state index in [9.17, 15) is 4.79 Å². The summed E-state index contributed by atoms with van der Waals surface area (Å²) >= 11 is 1.63. The average molecular weight is 343 g/mol. The summed E-state index contributed by atoms with van der Waals surface area (Å²) in [4.78, 5) is 13.7. The molecule has 1 aliphatic heterocycles. The second kappa shape index (κ2) is 7.18. The summed E-state index contributed by atoms with van der Waals surface area (Å²) in [6.45, 7) is 5.05. The Kier molecular flexibility index (Phi) is 5.00. The summed E-state index contributed by atoms with van der Waals surface area (Å²) in [5.41, 5.74) is 2.68. The maximum Gasteiger partial charge on any atom is 0.252 e. The van der Waals surface area contributed by atoms with E-state index in [-0.39, 0.29) is 11.9 Å². The van der Waals surface area contributed by atoms with E-state index in [1.54, 1.807) is 11.8 Å². The maximum absolute atomic E-state index is 12.6. The first-order valence-corrected chi connectivity index (χ1v) is 9.16. The first kappa shape index (κ1) is 16.7. The van der Waals surface area contributed by atoms with Crippen LogP contribution in [0.4, 0.5) is 0 Å². The van der Waals surface area contributed by atoms with E-state index in [0.717, 1.165) is 27.5 Å². The highest BCUT2D eigenvalue weighted by Crippen LogP contribution is 2.32. The predicted octanol–water partition coefficient (Wildman–Crippen LogP) is 3.98. The Balaban J connectivity index is 1.77. The van der Waals surface area contributed by atoms with Crippen molar-refractivity contribution in [3.63, 3.8) is 0 Å². The van der Waals surface area contributed by atoms with Crippen molar-refractivity contribution in [3.05, 3.63) is 53.1 Å². The topological polar surface area (TPSA) is 47.6 Å². The van der Waals surface area contributed by atoms with E-state index in [1.807, 2.05) is 56.5 Å². The maximum atomic E-state index is 12.6. The Morgan fingerprint density at radius 3 is 2.62 bits per heavy atom. The third kappa shape index (κ3) is 3.51. The molecule has 1 unspecified atom stereocenters. The number of carbonyl (C=O) groups excluding carboxylic acids is 1. The van der Waals surface area contributed by atoms with Crippen molar-refractivity contribution < 1.29 is 14.3 Å². The molecule has 0 saturated carbocycles. The SMILES string of the molecule is CSc1ccc(C)c(C(=O)NC(C)c2ccc3c(c2)OCCO3)c1. The monoisotopic (exact) mass is 343 g/mol. The Morgan fingerprint density at radius 1 is 1.12 bits per heavy atom. The van der Waals surface area contributed by atoms with Crippen molar-refractivity contribution in [2.45, 2.75) is 24.8 Å². The molecule has 0 spiro atoms. The summed E-state index contributed by atoms with van der Waals surface area (Å²) in [6.07, 6.45) is 2.00. The van der Waals surface area contributed by atoms with Crippen LogP contribution in [0.5, 0.6) is 11.5 Å². The van der Waals surface area contributed by atoms with Crippen LogP contribution in [0, 0.1) is 6.92 Å². The summed E-state index contributed by atoms with van der Waals surface area (Å²) in [5, 5.41) is 3.07. The molecule has 1 aliphatic rings. The Bertz CT molecular complexity index is 760. The first-order valence-electron chi connectivity index (χ1n) is 7.93. The molecule has 1 N–H and O–H groups in total. The Labute approximate surface area is 146 Å². The molecular formula is C19H21NO3S. The van der Waals surface area contributed by atoms with Crippen molar-refractivity contribution in [1.82, 2.24) is 5.32 Å². The van der Waals surface area contributed by atoms with Gasteiger partial charge in [0.2, 0.25) is 0 Å². The fraction of sp³-hybridized carbons (Fsp3) is 0.316. The van der Waals surface area contributed by atoms with Crippen molar-refractivity contribution >= 4 is 17.7 Å². The lowest BCUT2D eigenvalue weighted by molar-refractivity contribution is 0.0939. The highest BCUT2D eigenvalue weighted by atomic mass is 32.2. The zero-order valence-electron chi connectivity index (χ0n) is 14.1. The van der Waals surface area contributed by atoms with Gasteiger partial charge in [-0.05, 0) is 55.5 Å². The molecule has 24 heavy (non-hydrogen) atoms. The highest BCUT2D eigenvalue weighted by molar-refractivity contribution is 7.98. The molecule has 126 valence electrons. The molecule has 5 heteroatoms. The third-order valence-corrected chi connectivity index (χ3v) is 4.83. The molecule has 0 aliphatic carbocycles. The molecule has 0 saturated heterocycles. The van der Waals surface area contributed by atoms with Crippen molar-refractivity contribution in [1.29, 1.82) is 0 Å². The van der Waals surface area contributed by atoms with Gasteiger partial charge in [-0.25, -0.2) is 0 Å². The number of hydrogen-bond donors (Lipinski definition) is 1. The molecule has 0 fully saturated rings. The zero-order chi connectivity index (χ0) is 17.1. The van der Waals surface area contributed by atoms with Crippen molar-refractivity contribution in [2.24, 2.45) is 0 Å². The number of thioether (sulfide) groups is 1. The molecule has 1 amide bonds. The Hall–Kier alpha value is -2.14. The van der Waals surface area contributed by atoms with E-state index in [1.165, 1.54) is 0 Å². The number of hydrogen-bond acceptors (Lipinski definition) is 4. The minimum Gasteiger partial charge on any atom is -0.486 e. The number of ether oxygens (including phenoxy) is 2. The molecule has 3 rings (SSSR count). The van der Waals surface area contributed by atoms with Gasteiger partial charge in [-0.1, -0.05) is 12.1 Å². The Morgan fingerprint density at radius 2 is 1.88 bits per heavy atom. The zero-order valence-corrected chi connectivity index (χ0v) is 14.9. The lowest BCUT2D eigenvalue weighted by Gasteiger charge is -2.21. The minimum absolute atomic E-state index is 0.0641. The van der Waals surface area contributed by atoms with Crippen LogP contribution in [0.2, 0.25) is 0 Å². The van der Waals surface area contributed by atoms with Crippen molar-refractivity contribution in [2.75, 3.05) is 19.5 Å². The van der Waals surface area contributed by atoms with Crippen LogP contribution in [-0.2, 0) is 0 Å². The third-order valence-electron chi connectivity index (χ3n) is 4.10. The largest absolute Gasteiger partial charge is 0.486 e. The number of rotatable bonds is 4. The molecule has 1 heterocycles. The smallest absolute Gasteiger partial charge is 0.252 e. The van der Waals surface area contributed by atoms with Gasteiger partial charge >= 0.3 is 0 Å². The van der Waals surface area contributed by atoms with Crippen LogP contribution in [0.3, 0.4) is 0 Å². The van der Waals surface area contributed by atoms with Crippen LogP contribution < -0.4 is 14.8 Å². The van der Waals surface area contributed by atoms with Gasteiger partial charge in [0, 0.05) is 10.5 Å². The van der Waals surface area contributed by atoms with Crippen LogP contribution in [0.25, 0.3) is 0 Å². The number of fused-ring (bicyclic) bond motifs is 1. The molecule has 0 radical (unpaired) electrons. The van der Waals surface area contributed by atoms with Gasteiger partial charge in [0.15, 0.2) is 11.5 Å². The van der Waals surface area contributed by atoms with Crippen molar-refractivity contribution in [3.8, 4) is 11.5 Å². The molecule has 0 bridgehead atoms. The molecule has 2 aromatic carbocycles. The van der Waals surface area contributed by atoms with E-state index < -0.39 is 0 Å². The van der Waals surface area contributed by atoms with Gasteiger partial charge in [0.05, 0.1) is 6.04 Å².